The maximum atomic E-state index is 16.4. The van der Waals surface area contributed by atoms with E-state index in [1.165, 1.54) is 12.1 Å². The lowest BCUT2D eigenvalue weighted by Gasteiger charge is -2.48. The van der Waals surface area contributed by atoms with Crippen molar-refractivity contribution in [3.8, 4) is 57.1 Å². The largest absolute Gasteiger partial charge is 0.508 e. The van der Waals surface area contributed by atoms with Crippen LogP contribution in [0.1, 0.15) is 194 Å². The summed E-state index contributed by atoms with van der Waals surface area (Å²) in [6.07, 6.45) is -11.2. The van der Waals surface area contributed by atoms with Gasteiger partial charge < -0.3 is 117 Å². The van der Waals surface area contributed by atoms with E-state index in [1.54, 1.807) is 53.7 Å². The lowest BCUT2D eigenvalue weighted by Crippen LogP contribution is -2.65. The van der Waals surface area contributed by atoms with Crippen molar-refractivity contribution in [3.05, 3.63) is 146 Å². The van der Waals surface area contributed by atoms with Gasteiger partial charge in [-0.2, -0.15) is 8.42 Å². The minimum Gasteiger partial charge on any atom is -0.508 e. The van der Waals surface area contributed by atoms with E-state index in [4.69, 9.17) is 61.5 Å². The first-order chi connectivity index (χ1) is 57.6. The second-order valence-electron chi connectivity index (χ2n) is 32.4. The van der Waals surface area contributed by atoms with Gasteiger partial charge in [0.15, 0.2) is 29.9 Å². The number of phenols is 3. The van der Waals surface area contributed by atoms with Gasteiger partial charge in [0, 0.05) is 40.6 Å². The number of carbonyl (C=O) groups is 8. The Morgan fingerprint density at radius 2 is 1.25 bits per heavy atom. The Kier molecular flexibility index (Phi) is 31.2. The van der Waals surface area contributed by atoms with Crippen LogP contribution in [0, 0.1) is 32.6 Å². The minimum absolute atomic E-state index is 0. The van der Waals surface area contributed by atoms with Gasteiger partial charge in [0.1, 0.15) is 89.5 Å². The predicted octanol–water partition coefficient (Wildman–Crippen LogP) is 7.90. The monoisotopic (exact) mass is 1770 g/mol. The molecule has 18 N–H and O–H groups in total. The molecule has 0 aliphatic carbocycles. The SMILES string of the molecule is C.CCCCCCCCCCNC1(C)CC(OC2C(Oc3c4cc5cc3Oc3ccc(cc3Cl)[C@@H](O)[C@@H](NC(=O)[C@@H](C)CC(C)C)C(=O)N[C@@H](CC(N)=O)C(=O)N[C@H]5C(=O)NC3C(=O)N[C@H](C(=O)N[C@@H](C(=O)O)c5cc(O)cc(O)c5-c5cc3ccc5O)[C@H](O)c3ccc(c(Cl)c3)O4)OC(COS(=O)(=O)c3c(C)cc(C)cc3C)C(O)C2O)OC(C)C1O. The first-order valence-corrected chi connectivity index (χ1v) is 42.4. The van der Waals surface area contributed by atoms with Crippen LogP contribution in [0.15, 0.2) is 95.9 Å². The molecule has 7 aliphatic heterocycles. The lowest BCUT2D eigenvalue weighted by molar-refractivity contribution is -0.334. The number of rotatable bonds is 25. The second-order valence-corrected chi connectivity index (χ2v) is 34.7. The number of hydrogen-bond donors (Lipinski definition) is 17. The van der Waals surface area contributed by atoms with Crippen molar-refractivity contribution in [2.24, 2.45) is 17.6 Å². The van der Waals surface area contributed by atoms with Crippen molar-refractivity contribution >= 4 is 80.6 Å². The van der Waals surface area contributed by atoms with Crippen LogP contribution in [-0.2, 0) is 66.9 Å². The molecule has 11 bridgehead atoms. The number of carboxylic acid groups (broad SMARTS) is 1. The van der Waals surface area contributed by atoms with E-state index < -0.39 is 247 Å². The molecular weight excluding hydrogens is 1660 g/mol. The fraction of sp³-hybridized carbons (Fsp3) is 0.488. The summed E-state index contributed by atoms with van der Waals surface area (Å²) in [7, 11) is -4.76. The van der Waals surface area contributed by atoms with Gasteiger partial charge in [0.05, 0.1) is 40.2 Å². The standard InChI is InChI=1S/C85H104Cl2N8O26S.CH4/c1-10-11-12-13-14-15-16-17-24-89-85(9)36-62(116-43(8)76(85)104)120-74-72(103)71(102)60(37-115-122(113,114)75-40(5)26-39(4)27-41(75)6)119-84(74)121-73-58-31-47-32-59(73)118-57-23-20-46(30-52(57)87)70(101)68-82(110)93-66(83(111)112)50-33-48(96)34-55(98)63(50)49-28-44(18-21-54(49)97)64(79(107)95-68)92-80(108)65(47)91-78(106)53(35-61(88)99)90-81(109)67(94-77(105)42(7)25-38(2)3)69(100)45-19-22-56(117-58)51(86)29-45;/h18-23,26-34,38,42-43,53,60,62,64-72,74,76,84,89,96-98,100-104H,10-17,24-25,35-37H2,1-9H3,(H2,88,99)(H,90,109)(H,91,106)(H,92,108)(H,93,110)(H,94,105)(H,95,107)(H,111,112);1H4/t42-,43?,53-,60?,62?,64?,65+,66+,67+,68-,69+,70+,71?,72?,74?,76?,84?,85?;/m0./s1. The number of carbonyl (C=O) groups excluding carboxylic acids is 7. The highest BCUT2D eigenvalue weighted by Gasteiger charge is 2.53. The highest BCUT2D eigenvalue weighted by molar-refractivity contribution is 7.86. The number of carboxylic acids is 1. The molecule has 0 saturated carbocycles. The molecule has 6 aromatic rings. The van der Waals surface area contributed by atoms with Gasteiger partial charge in [0.25, 0.3) is 10.1 Å². The molecule has 18 atom stereocenters. The smallest absolute Gasteiger partial charge is 0.330 e. The Labute approximate surface area is 721 Å². The number of nitrogens with two attached hydrogens (primary N) is 1. The highest BCUT2D eigenvalue weighted by Crippen LogP contribution is 2.50. The van der Waals surface area contributed by atoms with Gasteiger partial charge in [0.2, 0.25) is 53.4 Å². The maximum Gasteiger partial charge on any atom is 0.330 e. The number of aromatic hydroxyl groups is 3. The topological polar surface area (TPSA) is 528 Å². The highest BCUT2D eigenvalue weighted by atomic mass is 35.5. The number of primary amides is 1. The number of fused-ring (bicyclic) bond motifs is 15. The van der Waals surface area contributed by atoms with Crippen molar-refractivity contribution in [1.29, 1.82) is 0 Å². The molecule has 37 heteroatoms. The first-order valence-electron chi connectivity index (χ1n) is 40.3. The Morgan fingerprint density at radius 3 is 1.85 bits per heavy atom. The number of benzene rings is 6. The molecule has 10 unspecified atom stereocenters. The van der Waals surface area contributed by atoms with E-state index in [-0.39, 0.29) is 58.5 Å². The third-order valence-corrected chi connectivity index (χ3v) is 24.4. The predicted molar refractivity (Wildman–Crippen MR) is 445 cm³/mol. The van der Waals surface area contributed by atoms with Crippen molar-refractivity contribution in [2.45, 2.75) is 248 Å². The molecule has 7 amide bonds. The molecule has 13 rings (SSSR count). The summed E-state index contributed by atoms with van der Waals surface area (Å²) in [5.74, 6) is -17.0. The Hall–Kier alpha value is -9.99. The van der Waals surface area contributed by atoms with Crippen LogP contribution < -0.4 is 57.2 Å². The van der Waals surface area contributed by atoms with Crippen LogP contribution in [0.25, 0.3) is 11.1 Å². The van der Waals surface area contributed by atoms with Crippen LogP contribution >= 0.6 is 23.2 Å². The van der Waals surface area contributed by atoms with Crippen molar-refractivity contribution < 1.29 is 125 Å². The molecule has 0 spiro atoms. The van der Waals surface area contributed by atoms with Crippen molar-refractivity contribution in [2.75, 3.05) is 13.2 Å². The first kappa shape index (κ1) is 95.2. The summed E-state index contributed by atoms with van der Waals surface area (Å²) < 4.78 is 74.8. The van der Waals surface area contributed by atoms with Gasteiger partial charge in [-0.1, -0.05) is 139 Å². The zero-order valence-electron chi connectivity index (χ0n) is 68.5. The van der Waals surface area contributed by atoms with E-state index in [1.807, 2.05) is 13.8 Å². The molecule has 0 radical (unpaired) electrons. The third-order valence-electron chi connectivity index (χ3n) is 22.3. The fourth-order valence-electron chi connectivity index (χ4n) is 16.1. The Morgan fingerprint density at radius 1 is 0.667 bits per heavy atom. The van der Waals surface area contributed by atoms with Gasteiger partial charge in [-0.15, -0.1) is 0 Å². The van der Waals surface area contributed by atoms with E-state index in [9.17, 15) is 73.6 Å². The van der Waals surface area contributed by atoms with Crippen molar-refractivity contribution in [3.63, 3.8) is 0 Å². The number of aliphatic carboxylic acids is 1. The van der Waals surface area contributed by atoms with Gasteiger partial charge >= 0.3 is 5.97 Å². The number of ether oxygens (including phenoxy) is 6. The summed E-state index contributed by atoms with van der Waals surface area (Å²) in [4.78, 5) is 118. The summed E-state index contributed by atoms with van der Waals surface area (Å²) in [6.45, 7) is 15.0. The number of aliphatic hydroxyl groups excluding tert-OH is 5. The zero-order chi connectivity index (χ0) is 88.8. The Balaban J connectivity index is 0.0000158. The van der Waals surface area contributed by atoms with E-state index in [2.05, 4.69) is 44.1 Å². The molecule has 2 fully saturated rings. The van der Waals surface area contributed by atoms with Crippen LogP contribution in [0.5, 0.6) is 46.0 Å². The number of hydrogen-bond acceptors (Lipinski definition) is 26. The average molecular weight is 1770 g/mol. The van der Waals surface area contributed by atoms with Gasteiger partial charge in [-0.25, -0.2) is 4.79 Å². The van der Waals surface area contributed by atoms with Crippen LogP contribution in [-0.4, -0.2) is 188 Å². The number of aryl methyl sites for hydroxylation is 3. The number of amides is 7. The molecule has 7 aliphatic rings. The molecule has 123 heavy (non-hydrogen) atoms. The minimum atomic E-state index is -4.76. The van der Waals surface area contributed by atoms with Crippen LogP contribution in [0.4, 0.5) is 0 Å². The van der Waals surface area contributed by atoms with E-state index >= 15 is 19.2 Å². The number of aliphatic hydroxyl groups is 5. The maximum absolute atomic E-state index is 16.4. The molecule has 0 aromatic heterocycles. The number of nitrogens with one attached hydrogen (secondary N) is 7. The summed E-state index contributed by atoms with van der Waals surface area (Å²) >= 11 is 14.4. The number of phenolic OH excluding ortho intramolecular Hbond substituents is 3. The lowest BCUT2D eigenvalue weighted by atomic mass is 9.84. The van der Waals surface area contributed by atoms with E-state index in [0.717, 1.165) is 124 Å². The average Bonchev–Trinajstić information content (AvgIpc) is 0.765. The molecule has 6 aromatic carbocycles. The number of halogens is 2. The summed E-state index contributed by atoms with van der Waals surface area (Å²) in [6, 6.07) is 3.38. The zero-order valence-corrected chi connectivity index (χ0v) is 70.8. The third kappa shape index (κ3) is 22.0. The number of unbranched alkanes of at least 4 members (excludes halogenated alkanes) is 7. The molecule has 2 saturated heterocycles. The molecule has 668 valence electrons. The fourth-order valence-corrected chi connectivity index (χ4v) is 17.9. The van der Waals surface area contributed by atoms with E-state index in [0.29, 0.717) is 17.7 Å². The normalized spacial score (nSPS) is 26.3. The Bertz CT molecular complexity index is 5040. The van der Waals surface area contributed by atoms with Crippen molar-refractivity contribution in [1.82, 2.24) is 37.2 Å². The molecule has 7 heterocycles. The molecule has 34 nitrogen and oxygen atoms in total. The van der Waals surface area contributed by atoms with Crippen LogP contribution in [0.2, 0.25) is 10.0 Å². The van der Waals surface area contributed by atoms with Crippen LogP contribution in [0.3, 0.4) is 0 Å². The van der Waals surface area contributed by atoms with Gasteiger partial charge in [-0.05, 0) is 148 Å². The summed E-state index contributed by atoms with van der Waals surface area (Å²) in [5.41, 5.74) is 3.01. The summed E-state index contributed by atoms with van der Waals surface area (Å²) in [5, 5.41) is 124. The second kappa shape index (κ2) is 40.3. The quantitative estimate of drug-likeness (QED) is 0.0191. The molecular formula is C86H108Cl2N8O26S. The van der Waals surface area contributed by atoms with Gasteiger partial charge in [-0.3, -0.25) is 37.7 Å².